The van der Waals surface area contributed by atoms with Crippen molar-refractivity contribution < 1.29 is 23.5 Å². The Morgan fingerprint density at radius 3 is 2.54 bits per heavy atom. The van der Waals surface area contributed by atoms with E-state index >= 15 is 0 Å². The van der Waals surface area contributed by atoms with Crippen LogP contribution in [-0.2, 0) is 16.1 Å². The van der Waals surface area contributed by atoms with Crippen LogP contribution in [0.4, 0.5) is 0 Å². The van der Waals surface area contributed by atoms with Gasteiger partial charge in [-0.15, -0.1) is 5.10 Å². The van der Waals surface area contributed by atoms with Crippen LogP contribution in [0, 0.1) is 13.8 Å². The minimum Gasteiger partial charge on any atom is -0.465 e. The topological polar surface area (TPSA) is 96.5 Å². The summed E-state index contributed by atoms with van der Waals surface area (Å²) in [5, 5.41) is 8.41. The smallest absolute Gasteiger partial charge is 0.361 e. The van der Waals surface area contributed by atoms with Gasteiger partial charge in [-0.1, -0.05) is 18.2 Å². The summed E-state index contributed by atoms with van der Waals surface area (Å²) in [6.45, 7) is 3.18. The van der Waals surface area contributed by atoms with Gasteiger partial charge >= 0.3 is 11.9 Å². The second-order valence-corrected chi connectivity index (χ2v) is 5.51. The molecule has 0 unspecified atom stereocenters. The SMILES string of the molecule is COC(=O)c1cc(COC(=O)c2nn(-c3ccccc3)nc2C)oc1C. The Kier molecular flexibility index (Phi) is 4.83. The van der Waals surface area contributed by atoms with E-state index in [1.807, 2.05) is 30.3 Å². The van der Waals surface area contributed by atoms with Crippen LogP contribution in [0.1, 0.15) is 38.1 Å². The number of rotatable bonds is 5. The predicted octanol–water partition coefficient (Wildman–Crippen LogP) is 2.62. The maximum Gasteiger partial charge on any atom is 0.361 e. The lowest BCUT2D eigenvalue weighted by molar-refractivity contribution is 0.0435. The van der Waals surface area contributed by atoms with Crippen molar-refractivity contribution in [1.82, 2.24) is 15.0 Å². The second-order valence-electron chi connectivity index (χ2n) is 5.51. The van der Waals surface area contributed by atoms with E-state index in [1.54, 1.807) is 13.8 Å². The number of esters is 2. The number of aryl methyl sites for hydroxylation is 2. The number of benzene rings is 1. The Hall–Kier alpha value is -3.42. The van der Waals surface area contributed by atoms with Crippen LogP contribution in [0.2, 0.25) is 0 Å². The maximum atomic E-state index is 12.3. The second kappa shape index (κ2) is 7.22. The van der Waals surface area contributed by atoms with E-state index in [0.717, 1.165) is 5.69 Å². The zero-order valence-corrected chi connectivity index (χ0v) is 14.6. The third-order valence-electron chi connectivity index (χ3n) is 3.68. The first-order valence-corrected chi connectivity index (χ1v) is 7.83. The first-order chi connectivity index (χ1) is 12.5. The highest BCUT2D eigenvalue weighted by Crippen LogP contribution is 2.17. The molecule has 2 heterocycles. The van der Waals surface area contributed by atoms with Crippen molar-refractivity contribution in [3.63, 3.8) is 0 Å². The minimum atomic E-state index is -0.627. The first kappa shape index (κ1) is 17.4. The summed E-state index contributed by atoms with van der Waals surface area (Å²) in [5.74, 6) is -0.401. The van der Waals surface area contributed by atoms with Gasteiger partial charge in [0.2, 0.25) is 0 Å². The Morgan fingerprint density at radius 2 is 1.85 bits per heavy atom. The summed E-state index contributed by atoms with van der Waals surface area (Å²) >= 11 is 0. The average molecular weight is 355 g/mol. The molecule has 1 aromatic carbocycles. The van der Waals surface area contributed by atoms with E-state index in [-0.39, 0.29) is 12.3 Å². The highest BCUT2D eigenvalue weighted by molar-refractivity contribution is 5.90. The van der Waals surface area contributed by atoms with Crippen molar-refractivity contribution in [3.8, 4) is 5.69 Å². The average Bonchev–Trinajstić information content (AvgIpc) is 3.22. The highest BCUT2D eigenvalue weighted by atomic mass is 16.5. The largest absolute Gasteiger partial charge is 0.465 e. The number of para-hydroxylation sites is 1. The van der Waals surface area contributed by atoms with E-state index in [0.29, 0.717) is 22.8 Å². The van der Waals surface area contributed by atoms with Gasteiger partial charge in [0.15, 0.2) is 5.69 Å². The van der Waals surface area contributed by atoms with Crippen LogP contribution in [-0.4, -0.2) is 34.0 Å². The molecule has 0 spiro atoms. The molecule has 2 aromatic heterocycles. The Morgan fingerprint density at radius 1 is 1.12 bits per heavy atom. The summed E-state index contributed by atoms with van der Waals surface area (Å²) in [7, 11) is 1.29. The van der Waals surface area contributed by atoms with Gasteiger partial charge in [-0.05, 0) is 32.0 Å². The van der Waals surface area contributed by atoms with Crippen LogP contribution < -0.4 is 0 Å². The number of carbonyl (C=O) groups excluding carboxylic acids is 2. The lowest BCUT2D eigenvalue weighted by atomic mass is 10.2. The summed E-state index contributed by atoms with van der Waals surface area (Å²) < 4.78 is 15.3. The van der Waals surface area contributed by atoms with Gasteiger partial charge in [-0.2, -0.15) is 9.90 Å². The molecule has 0 aliphatic carbocycles. The molecule has 0 saturated carbocycles. The number of nitrogens with zero attached hydrogens (tertiary/aromatic N) is 3. The number of hydrogen-bond donors (Lipinski definition) is 0. The molecule has 3 rings (SSSR count). The number of methoxy groups -OCH3 is 1. The molecular weight excluding hydrogens is 338 g/mol. The van der Waals surface area contributed by atoms with Gasteiger partial charge in [-0.3, -0.25) is 0 Å². The van der Waals surface area contributed by atoms with Crippen LogP contribution in [0.15, 0.2) is 40.8 Å². The lowest BCUT2D eigenvalue weighted by Gasteiger charge is -2.00. The minimum absolute atomic E-state index is 0.116. The van der Waals surface area contributed by atoms with Crippen molar-refractivity contribution in [3.05, 3.63) is 64.9 Å². The maximum absolute atomic E-state index is 12.3. The third kappa shape index (κ3) is 3.49. The quantitative estimate of drug-likeness (QED) is 0.649. The third-order valence-corrected chi connectivity index (χ3v) is 3.68. The summed E-state index contributed by atoms with van der Waals surface area (Å²) in [6, 6.07) is 10.7. The number of hydrogen-bond acceptors (Lipinski definition) is 7. The van der Waals surface area contributed by atoms with Crippen molar-refractivity contribution in [2.24, 2.45) is 0 Å². The fourth-order valence-electron chi connectivity index (χ4n) is 2.38. The van der Waals surface area contributed by atoms with Crippen LogP contribution in [0.5, 0.6) is 0 Å². The molecule has 0 radical (unpaired) electrons. The molecule has 0 N–H and O–H groups in total. The molecular formula is C18H17N3O5. The molecule has 0 atom stereocenters. The molecule has 134 valence electrons. The lowest BCUT2D eigenvalue weighted by Crippen LogP contribution is -2.08. The molecule has 0 aliphatic rings. The van der Waals surface area contributed by atoms with E-state index in [4.69, 9.17) is 9.15 Å². The standard InChI is InChI=1S/C18H17N3O5/c1-11-16(20-21(19-11)13-7-5-4-6-8-13)18(23)25-10-14-9-15(12(2)26-14)17(22)24-3/h4-9H,10H2,1-3H3. The zero-order valence-electron chi connectivity index (χ0n) is 14.6. The summed E-state index contributed by atoms with van der Waals surface area (Å²) in [4.78, 5) is 25.2. The van der Waals surface area contributed by atoms with Gasteiger partial charge in [0.1, 0.15) is 23.7 Å². The van der Waals surface area contributed by atoms with E-state index in [1.165, 1.54) is 18.0 Å². The number of furan rings is 1. The summed E-state index contributed by atoms with van der Waals surface area (Å²) in [5.41, 5.74) is 1.60. The fraction of sp³-hybridized carbons (Fsp3) is 0.222. The van der Waals surface area contributed by atoms with Crippen LogP contribution >= 0.6 is 0 Å². The molecule has 3 aromatic rings. The molecule has 8 heteroatoms. The van der Waals surface area contributed by atoms with E-state index < -0.39 is 11.9 Å². The normalized spacial score (nSPS) is 10.6. The molecule has 26 heavy (non-hydrogen) atoms. The predicted molar refractivity (Wildman–Crippen MR) is 90.0 cm³/mol. The van der Waals surface area contributed by atoms with Gasteiger partial charge in [0.05, 0.1) is 18.5 Å². The molecule has 0 bridgehead atoms. The van der Waals surface area contributed by atoms with Crippen LogP contribution in [0.25, 0.3) is 5.69 Å². The van der Waals surface area contributed by atoms with Crippen molar-refractivity contribution in [2.75, 3.05) is 7.11 Å². The Balaban J connectivity index is 1.71. The first-order valence-electron chi connectivity index (χ1n) is 7.83. The van der Waals surface area contributed by atoms with E-state index in [9.17, 15) is 9.59 Å². The fourth-order valence-corrected chi connectivity index (χ4v) is 2.38. The molecule has 0 amide bonds. The van der Waals surface area contributed by atoms with Gasteiger partial charge in [0, 0.05) is 0 Å². The monoisotopic (exact) mass is 355 g/mol. The van der Waals surface area contributed by atoms with E-state index in [2.05, 4.69) is 14.9 Å². The van der Waals surface area contributed by atoms with Crippen molar-refractivity contribution in [2.45, 2.75) is 20.5 Å². The molecule has 8 nitrogen and oxygen atoms in total. The molecule has 0 fully saturated rings. The van der Waals surface area contributed by atoms with Crippen LogP contribution in [0.3, 0.4) is 0 Å². The van der Waals surface area contributed by atoms with Crippen molar-refractivity contribution >= 4 is 11.9 Å². The van der Waals surface area contributed by atoms with Crippen molar-refractivity contribution in [1.29, 1.82) is 0 Å². The molecule has 0 saturated heterocycles. The number of carbonyl (C=O) groups is 2. The zero-order chi connectivity index (χ0) is 18.7. The Labute approximate surface area is 149 Å². The summed E-state index contributed by atoms with van der Waals surface area (Å²) in [6.07, 6.45) is 0. The van der Waals surface area contributed by atoms with Gasteiger partial charge in [-0.25, -0.2) is 9.59 Å². The number of ether oxygens (including phenoxy) is 2. The molecule has 0 aliphatic heterocycles. The van der Waals surface area contributed by atoms with Gasteiger partial charge < -0.3 is 13.9 Å². The highest BCUT2D eigenvalue weighted by Gasteiger charge is 2.20. The number of aromatic nitrogens is 3. The van der Waals surface area contributed by atoms with Gasteiger partial charge in [0.25, 0.3) is 0 Å². The Bertz CT molecular complexity index is 943.